The first-order valence-corrected chi connectivity index (χ1v) is 8.19. The minimum Gasteiger partial charge on any atom is -0.496 e. The van der Waals surface area contributed by atoms with Gasteiger partial charge >= 0.3 is 6.03 Å². The average molecular weight is 367 g/mol. The molecule has 134 valence electrons. The molecular weight excluding hydrogens is 347 g/mol. The summed E-state index contributed by atoms with van der Waals surface area (Å²) in [6.45, 7) is 1.01. The number of carbonyl (C=O) groups is 1. The maximum atomic E-state index is 12.9. The average Bonchev–Trinajstić information content (AvgIpc) is 2.60. The van der Waals surface area contributed by atoms with Crippen molar-refractivity contribution in [3.63, 3.8) is 0 Å². The summed E-state index contributed by atoms with van der Waals surface area (Å²) < 4.78 is 23.6. The van der Waals surface area contributed by atoms with E-state index in [1.807, 2.05) is 24.3 Å². The summed E-state index contributed by atoms with van der Waals surface area (Å²) in [6, 6.07) is 11.3. The molecule has 0 saturated carbocycles. The molecule has 25 heavy (non-hydrogen) atoms. The van der Waals surface area contributed by atoms with Crippen LogP contribution in [0, 0.1) is 5.82 Å². The van der Waals surface area contributed by atoms with E-state index in [2.05, 4.69) is 10.6 Å². The van der Waals surface area contributed by atoms with Crippen molar-refractivity contribution in [2.45, 2.75) is 6.42 Å². The Morgan fingerprint density at radius 2 is 1.88 bits per heavy atom. The Morgan fingerprint density at radius 3 is 2.64 bits per heavy atom. The minimum atomic E-state index is -0.426. The van der Waals surface area contributed by atoms with E-state index in [0.29, 0.717) is 25.3 Å². The van der Waals surface area contributed by atoms with Gasteiger partial charge in [-0.1, -0.05) is 29.8 Å². The van der Waals surface area contributed by atoms with Crippen LogP contribution >= 0.6 is 11.6 Å². The molecule has 7 heteroatoms. The van der Waals surface area contributed by atoms with E-state index in [1.54, 1.807) is 7.11 Å². The second-order valence-electron chi connectivity index (χ2n) is 5.17. The second kappa shape index (κ2) is 9.74. The predicted octanol–water partition coefficient (Wildman–Crippen LogP) is 3.41. The van der Waals surface area contributed by atoms with Gasteiger partial charge in [-0.25, -0.2) is 9.18 Å². The lowest BCUT2D eigenvalue weighted by molar-refractivity contribution is 0.236. The van der Waals surface area contributed by atoms with Gasteiger partial charge in [-0.15, -0.1) is 0 Å². The number of rotatable bonds is 8. The summed E-state index contributed by atoms with van der Waals surface area (Å²) in [5.74, 6) is 0.751. The fourth-order valence-electron chi connectivity index (χ4n) is 2.20. The van der Waals surface area contributed by atoms with E-state index in [0.717, 1.165) is 11.3 Å². The van der Waals surface area contributed by atoms with Crippen molar-refractivity contribution in [1.29, 1.82) is 0 Å². The highest BCUT2D eigenvalue weighted by molar-refractivity contribution is 6.32. The molecular formula is C18H20ClFN2O3. The van der Waals surface area contributed by atoms with Gasteiger partial charge in [-0.05, 0) is 36.2 Å². The number of nitrogens with one attached hydrogen (secondary N) is 2. The lowest BCUT2D eigenvalue weighted by Gasteiger charge is -2.11. The Bertz CT molecular complexity index is 712. The first-order chi connectivity index (χ1) is 12.1. The summed E-state index contributed by atoms with van der Waals surface area (Å²) in [7, 11) is 1.62. The summed E-state index contributed by atoms with van der Waals surface area (Å²) >= 11 is 5.85. The van der Waals surface area contributed by atoms with Gasteiger partial charge in [0.2, 0.25) is 0 Å². The van der Waals surface area contributed by atoms with E-state index in [1.165, 1.54) is 18.2 Å². The number of amides is 2. The number of benzene rings is 2. The zero-order valence-electron chi connectivity index (χ0n) is 13.9. The third kappa shape index (κ3) is 6.15. The van der Waals surface area contributed by atoms with Gasteiger partial charge < -0.3 is 20.1 Å². The van der Waals surface area contributed by atoms with E-state index < -0.39 is 5.82 Å². The van der Waals surface area contributed by atoms with Crippen molar-refractivity contribution in [2.24, 2.45) is 0 Å². The number of para-hydroxylation sites is 1. The smallest absolute Gasteiger partial charge is 0.314 e. The van der Waals surface area contributed by atoms with Gasteiger partial charge in [0.15, 0.2) is 0 Å². The van der Waals surface area contributed by atoms with E-state index >= 15 is 0 Å². The highest BCUT2D eigenvalue weighted by Gasteiger charge is 2.05. The molecule has 0 saturated heterocycles. The molecule has 2 N–H and O–H groups in total. The molecule has 0 aliphatic carbocycles. The quantitative estimate of drug-likeness (QED) is 0.704. The molecule has 0 bridgehead atoms. The molecule has 2 aromatic rings. The predicted molar refractivity (Wildman–Crippen MR) is 95.0 cm³/mol. The highest BCUT2D eigenvalue weighted by atomic mass is 35.5. The molecule has 0 radical (unpaired) electrons. The minimum absolute atomic E-state index is 0.196. The van der Waals surface area contributed by atoms with Gasteiger partial charge in [0.25, 0.3) is 0 Å². The van der Waals surface area contributed by atoms with Crippen LogP contribution in [-0.2, 0) is 6.42 Å². The maximum absolute atomic E-state index is 12.9. The molecule has 0 aliphatic rings. The van der Waals surface area contributed by atoms with Gasteiger partial charge in [0.05, 0.1) is 18.7 Å². The summed E-state index contributed by atoms with van der Waals surface area (Å²) in [5.41, 5.74) is 1.03. The summed E-state index contributed by atoms with van der Waals surface area (Å²) in [5, 5.41) is 5.63. The number of hydrogen-bond donors (Lipinski definition) is 2. The van der Waals surface area contributed by atoms with Crippen LogP contribution in [0.5, 0.6) is 11.5 Å². The Labute approximate surface area is 151 Å². The number of urea groups is 1. The zero-order chi connectivity index (χ0) is 18.1. The van der Waals surface area contributed by atoms with Crippen molar-refractivity contribution in [2.75, 3.05) is 26.8 Å². The van der Waals surface area contributed by atoms with Gasteiger partial charge in [-0.3, -0.25) is 0 Å². The molecule has 0 heterocycles. The molecule has 2 aromatic carbocycles. The molecule has 0 aromatic heterocycles. The van der Waals surface area contributed by atoms with Gasteiger partial charge in [0, 0.05) is 6.54 Å². The SMILES string of the molecule is COc1ccccc1CCNC(=O)NCCOc1ccc(F)cc1Cl. The van der Waals surface area contributed by atoms with Gasteiger partial charge in [-0.2, -0.15) is 0 Å². The number of halogens is 2. The molecule has 2 amide bonds. The highest BCUT2D eigenvalue weighted by Crippen LogP contribution is 2.24. The molecule has 2 rings (SSSR count). The van der Waals surface area contributed by atoms with Crippen LogP contribution in [0.2, 0.25) is 5.02 Å². The Balaban J connectivity index is 1.64. The van der Waals surface area contributed by atoms with E-state index in [9.17, 15) is 9.18 Å². The van der Waals surface area contributed by atoms with Crippen molar-refractivity contribution in [1.82, 2.24) is 10.6 Å². The van der Waals surface area contributed by atoms with Crippen LogP contribution < -0.4 is 20.1 Å². The number of methoxy groups -OCH3 is 1. The first kappa shape index (κ1) is 18.9. The van der Waals surface area contributed by atoms with Crippen LogP contribution in [-0.4, -0.2) is 32.8 Å². The fraction of sp³-hybridized carbons (Fsp3) is 0.278. The van der Waals surface area contributed by atoms with Crippen LogP contribution in [0.25, 0.3) is 0 Å². The third-order valence-electron chi connectivity index (χ3n) is 3.41. The van der Waals surface area contributed by atoms with Crippen molar-refractivity contribution in [3.8, 4) is 11.5 Å². The van der Waals surface area contributed by atoms with Crippen LogP contribution in [0.1, 0.15) is 5.56 Å². The lowest BCUT2D eigenvalue weighted by Crippen LogP contribution is -2.38. The van der Waals surface area contributed by atoms with Crippen LogP contribution in [0.15, 0.2) is 42.5 Å². The molecule has 0 unspecified atom stereocenters. The molecule has 0 fully saturated rings. The van der Waals surface area contributed by atoms with Crippen LogP contribution in [0.4, 0.5) is 9.18 Å². The number of carbonyl (C=O) groups excluding carboxylic acids is 1. The monoisotopic (exact) mass is 366 g/mol. The Kier molecular flexibility index (Phi) is 7.35. The van der Waals surface area contributed by atoms with Crippen LogP contribution in [0.3, 0.4) is 0 Å². The van der Waals surface area contributed by atoms with E-state index in [-0.39, 0.29) is 17.7 Å². The lowest BCUT2D eigenvalue weighted by atomic mass is 10.1. The molecule has 0 atom stereocenters. The molecule has 0 spiro atoms. The Morgan fingerprint density at radius 1 is 1.12 bits per heavy atom. The largest absolute Gasteiger partial charge is 0.496 e. The number of hydrogen-bond acceptors (Lipinski definition) is 3. The normalized spacial score (nSPS) is 10.2. The summed E-state index contributed by atoms with van der Waals surface area (Å²) in [4.78, 5) is 11.7. The first-order valence-electron chi connectivity index (χ1n) is 7.81. The van der Waals surface area contributed by atoms with Crippen molar-refractivity contribution >= 4 is 17.6 Å². The topological polar surface area (TPSA) is 59.6 Å². The molecule has 5 nitrogen and oxygen atoms in total. The summed E-state index contributed by atoms with van der Waals surface area (Å²) in [6.07, 6.45) is 0.666. The third-order valence-corrected chi connectivity index (χ3v) is 3.71. The van der Waals surface area contributed by atoms with Crippen molar-refractivity contribution < 1.29 is 18.7 Å². The van der Waals surface area contributed by atoms with Crippen molar-refractivity contribution in [3.05, 3.63) is 58.9 Å². The Hall–Kier alpha value is -2.47. The second-order valence-corrected chi connectivity index (χ2v) is 5.57. The fourth-order valence-corrected chi connectivity index (χ4v) is 2.42. The van der Waals surface area contributed by atoms with Gasteiger partial charge in [0.1, 0.15) is 23.9 Å². The maximum Gasteiger partial charge on any atom is 0.314 e. The van der Waals surface area contributed by atoms with E-state index in [4.69, 9.17) is 21.1 Å². The zero-order valence-corrected chi connectivity index (χ0v) is 14.6. The number of ether oxygens (including phenoxy) is 2. The standard InChI is InChI=1S/C18H20ClFN2O3/c1-24-16-5-3-2-4-13(16)8-9-21-18(23)22-10-11-25-17-7-6-14(20)12-15(17)19/h2-7,12H,8-11H2,1H3,(H2,21,22,23). The molecule has 0 aliphatic heterocycles.